The maximum atomic E-state index is 11.3. The molecule has 0 fully saturated rings. The molecule has 0 saturated heterocycles. The highest BCUT2D eigenvalue weighted by Gasteiger charge is 2.39. The SMILES string of the molecule is CC.COc1cc2c(cc1C(=O)O)C(C)(C)OCC2(C)C. The molecule has 0 aromatic heterocycles. The van der Waals surface area contributed by atoms with Crippen molar-refractivity contribution in [2.24, 2.45) is 0 Å². The molecule has 1 aliphatic rings. The highest BCUT2D eigenvalue weighted by molar-refractivity contribution is 5.91. The average Bonchev–Trinajstić information content (AvgIpc) is 2.45. The summed E-state index contributed by atoms with van der Waals surface area (Å²) < 4.78 is 11.1. The Bertz CT molecular complexity index is 530. The van der Waals surface area contributed by atoms with Gasteiger partial charge in [0.05, 0.1) is 19.3 Å². The first-order chi connectivity index (χ1) is 9.69. The summed E-state index contributed by atoms with van der Waals surface area (Å²) in [6.45, 7) is 12.7. The Morgan fingerprint density at radius 3 is 2.24 bits per heavy atom. The highest BCUT2D eigenvalue weighted by Crippen LogP contribution is 2.43. The second-order valence-electron chi connectivity index (χ2n) is 6.09. The Hall–Kier alpha value is -1.55. The number of hydrogen-bond donors (Lipinski definition) is 1. The predicted molar refractivity (Wildman–Crippen MR) is 83.3 cm³/mol. The molecule has 0 unspecified atom stereocenters. The molecule has 21 heavy (non-hydrogen) atoms. The first-order valence-electron chi connectivity index (χ1n) is 7.29. The molecule has 4 nitrogen and oxygen atoms in total. The van der Waals surface area contributed by atoms with E-state index in [0.29, 0.717) is 12.4 Å². The topological polar surface area (TPSA) is 55.8 Å². The number of hydrogen-bond acceptors (Lipinski definition) is 3. The van der Waals surface area contributed by atoms with Gasteiger partial charge in [0.15, 0.2) is 0 Å². The molecule has 1 aromatic rings. The lowest BCUT2D eigenvalue weighted by Gasteiger charge is -2.42. The van der Waals surface area contributed by atoms with Crippen molar-refractivity contribution in [3.05, 3.63) is 28.8 Å². The van der Waals surface area contributed by atoms with Gasteiger partial charge in [-0.3, -0.25) is 0 Å². The Morgan fingerprint density at radius 1 is 1.19 bits per heavy atom. The van der Waals surface area contributed by atoms with Crippen LogP contribution in [0.1, 0.15) is 63.0 Å². The predicted octanol–water partition coefficient (Wildman–Crippen LogP) is 3.96. The fourth-order valence-corrected chi connectivity index (χ4v) is 2.49. The van der Waals surface area contributed by atoms with Gasteiger partial charge in [-0.1, -0.05) is 27.7 Å². The van der Waals surface area contributed by atoms with Crippen LogP contribution in [0.25, 0.3) is 0 Å². The van der Waals surface area contributed by atoms with E-state index in [1.807, 2.05) is 33.8 Å². The summed E-state index contributed by atoms with van der Waals surface area (Å²) in [7, 11) is 1.49. The van der Waals surface area contributed by atoms with Crippen LogP contribution in [0.4, 0.5) is 0 Å². The van der Waals surface area contributed by atoms with E-state index < -0.39 is 11.6 Å². The Kier molecular flexibility index (Phi) is 5.05. The number of benzene rings is 1. The molecule has 1 N–H and O–H groups in total. The summed E-state index contributed by atoms with van der Waals surface area (Å²) >= 11 is 0. The number of rotatable bonds is 2. The van der Waals surface area contributed by atoms with Crippen molar-refractivity contribution in [2.45, 2.75) is 52.6 Å². The lowest BCUT2D eigenvalue weighted by molar-refractivity contribution is -0.0588. The Labute approximate surface area is 127 Å². The zero-order chi connectivity index (χ0) is 16.4. The van der Waals surface area contributed by atoms with Crippen LogP contribution < -0.4 is 4.74 Å². The van der Waals surface area contributed by atoms with Gasteiger partial charge in [-0.2, -0.15) is 0 Å². The van der Waals surface area contributed by atoms with Crippen molar-refractivity contribution in [2.75, 3.05) is 13.7 Å². The van der Waals surface area contributed by atoms with Crippen LogP contribution in [0.15, 0.2) is 12.1 Å². The fraction of sp³-hybridized carbons (Fsp3) is 0.588. The van der Waals surface area contributed by atoms with Gasteiger partial charge in [0.1, 0.15) is 11.3 Å². The van der Waals surface area contributed by atoms with E-state index in [0.717, 1.165) is 11.1 Å². The number of methoxy groups -OCH3 is 1. The van der Waals surface area contributed by atoms with Gasteiger partial charge < -0.3 is 14.6 Å². The van der Waals surface area contributed by atoms with E-state index in [9.17, 15) is 9.90 Å². The molecular formula is C17H26O4. The number of ether oxygens (including phenoxy) is 2. The third-order valence-electron chi connectivity index (χ3n) is 3.74. The van der Waals surface area contributed by atoms with Crippen molar-refractivity contribution >= 4 is 5.97 Å². The van der Waals surface area contributed by atoms with E-state index in [2.05, 4.69) is 13.8 Å². The van der Waals surface area contributed by atoms with Gasteiger partial charge in [-0.25, -0.2) is 4.79 Å². The van der Waals surface area contributed by atoms with Crippen LogP contribution in [0.5, 0.6) is 5.75 Å². The molecule has 1 aliphatic heterocycles. The minimum atomic E-state index is -0.987. The molecule has 4 heteroatoms. The zero-order valence-corrected chi connectivity index (χ0v) is 14.0. The van der Waals surface area contributed by atoms with Crippen LogP contribution in [-0.2, 0) is 15.8 Å². The summed E-state index contributed by atoms with van der Waals surface area (Å²) in [4.78, 5) is 11.3. The van der Waals surface area contributed by atoms with E-state index in [4.69, 9.17) is 9.47 Å². The van der Waals surface area contributed by atoms with E-state index in [1.165, 1.54) is 7.11 Å². The Balaban J connectivity index is 0.00000106. The third-order valence-corrected chi connectivity index (χ3v) is 3.74. The van der Waals surface area contributed by atoms with Crippen LogP contribution in [0.2, 0.25) is 0 Å². The number of carboxylic acids is 1. The van der Waals surface area contributed by atoms with E-state index in [-0.39, 0.29) is 11.0 Å². The second-order valence-corrected chi connectivity index (χ2v) is 6.09. The quantitative estimate of drug-likeness (QED) is 0.897. The van der Waals surface area contributed by atoms with Crippen molar-refractivity contribution in [1.82, 2.24) is 0 Å². The van der Waals surface area contributed by atoms with Gasteiger partial charge in [0.2, 0.25) is 0 Å². The van der Waals surface area contributed by atoms with Crippen LogP contribution in [-0.4, -0.2) is 24.8 Å². The third kappa shape index (κ3) is 3.21. The molecule has 0 radical (unpaired) electrons. The maximum absolute atomic E-state index is 11.3. The van der Waals surface area contributed by atoms with Crippen LogP contribution in [0, 0.1) is 0 Å². The molecule has 0 amide bonds. The van der Waals surface area contributed by atoms with Crippen LogP contribution >= 0.6 is 0 Å². The average molecular weight is 294 g/mol. The molecular weight excluding hydrogens is 268 g/mol. The molecule has 0 atom stereocenters. The summed E-state index contributed by atoms with van der Waals surface area (Å²) in [5.41, 5.74) is 1.54. The number of aromatic carboxylic acids is 1. The normalized spacial score (nSPS) is 18.0. The minimum Gasteiger partial charge on any atom is -0.496 e. The monoisotopic (exact) mass is 294 g/mol. The molecule has 0 saturated carbocycles. The molecule has 1 aromatic carbocycles. The molecule has 118 valence electrons. The first kappa shape index (κ1) is 17.5. The summed E-state index contributed by atoms with van der Waals surface area (Å²) in [5.74, 6) is -0.587. The zero-order valence-electron chi connectivity index (χ0n) is 14.0. The Morgan fingerprint density at radius 2 is 1.76 bits per heavy atom. The standard InChI is InChI=1S/C15H20O4.C2H6/c1-14(2)8-19-15(3,4)11-6-9(13(16)17)12(18-5)7-10(11)14;1-2/h6-7H,8H2,1-5H3,(H,16,17);1-2H3. The van der Waals surface area contributed by atoms with Crippen molar-refractivity contribution < 1.29 is 19.4 Å². The number of carbonyl (C=O) groups is 1. The van der Waals surface area contributed by atoms with Gasteiger partial charge in [-0.05, 0) is 37.1 Å². The summed E-state index contributed by atoms with van der Waals surface area (Å²) in [5, 5.41) is 9.28. The maximum Gasteiger partial charge on any atom is 0.339 e. The van der Waals surface area contributed by atoms with Crippen molar-refractivity contribution in [3.8, 4) is 5.75 Å². The molecule has 0 spiro atoms. The van der Waals surface area contributed by atoms with Gasteiger partial charge in [0.25, 0.3) is 0 Å². The smallest absolute Gasteiger partial charge is 0.339 e. The number of carboxylic acid groups (broad SMARTS) is 1. The van der Waals surface area contributed by atoms with Crippen molar-refractivity contribution in [1.29, 1.82) is 0 Å². The molecule has 0 aliphatic carbocycles. The summed E-state index contributed by atoms with van der Waals surface area (Å²) in [6, 6.07) is 3.51. The van der Waals surface area contributed by atoms with Gasteiger partial charge in [0, 0.05) is 5.41 Å². The molecule has 1 heterocycles. The fourth-order valence-electron chi connectivity index (χ4n) is 2.49. The van der Waals surface area contributed by atoms with E-state index in [1.54, 1.807) is 6.07 Å². The highest BCUT2D eigenvalue weighted by atomic mass is 16.5. The van der Waals surface area contributed by atoms with E-state index >= 15 is 0 Å². The largest absolute Gasteiger partial charge is 0.496 e. The van der Waals surface area contributed by atoms with Crippen molar-refractivity contribution in [3.63, 3.8) is 0 Å². The lowest BCUT2D eigenvalue weighted by Crippen LogP contribution is -2.40. The van der Waals surface area contributed by atoms with Gasteiger partial charge >= 0.3 is 5.97 Å². The first-order valence-corrected chi connectivity index (χ1v) is 7.29. The number of fused-ring (bicyclic) bond motifs is 1. The van der Waals surface area contributed by atoms with Crippen LogP contribution in [0.3, 0.4) is 0 Å². The molecule has 0 bridgehead atoms. The van der Waals surface area contributed by atoms with Gasteiger partial charge in [-0.15, -0.1) is 0 Å². The minimum absolute atomic E-state index is 0.158. The lowest BCUT2D eigenvalue weighted by atomic mass is 9.75. The summed E-state index contributed by atoms with van der Waals surface area (Å²) in [6.07, 6.45) is 0. The second kappa shape index (κ2) is 6.06. The molecule has 2 rings (SSSR count).